The van der Waals surface area contributed by atoms with Gasteiger partial charge in [-0.15, -0.1) is 0 Å². The first-order valence-electron chi connectivity index (χ1n) is 4.96. The summed E-state index contributed by atoms with van der Waals surface area (Å²) in [5.74, 6) is 0.575. The third-order valence-corrected chi connectivity index (χ3v) is 2.93. The van der Waals surface area contributed by atoms with Gasteiger partial charge in [-0.2, -0.15) is 0 Å². The van der Waals surface area contributed by atoms with Gasteiger partial charge in [0.25, 0.3) is 17.2 Å². The van der Waals surface area contributed by atoms with E-state index in [1.165, 1.54) is 25.7 Å². The van der Waals surface area contributed by atoms with E-state index in [2.05, 4.69) is 10.5 Å². The Kier molecular flexibility index (Phi) is 5.70. The molecular weight excluding hydrogens is 195 g/mol. The molecule has 1 aliphatic carbocycles. The topological polar surface area (TPSA) is 50.4 Å². The van der Waals surface area contributed by atoms with Crippen LogP contribution < -0.4 is 10.5 Å². The fourth-order valence-electron chi connectivity index (χ4n) is 1.56. The normalized spacial score (nSPS) is 16.6. The molecule has 0 aromatic carbocycles. The second-order valence-corrected chi connectivity index (χ2v) is 4.44. The van der Waals surface area contributed by atoms with E-state index in [9.17, 15) is 4.79 Å². The summed E-state index contributed by atoms with van der Waals surface area (Å²) >= 11 is 0. The zero-order valence-electron chi connectivity index (χ0n) is 8.51. The van der Waals surface area contributed by atoms with E-state index in [1.807, 2.05) is 7.41 Å². The predicted octanol–water partition coefficient (Wildman–Crippen LogP) is 0.490. The molecule has 0 saturated heterocycles. The van der Waals surface area contributed by atoms with Gasteiger partial charge in [0.05, 0.1) is 0 Å². The van der Waals surface area contributed by atoms with Gasteiger partial charge in [0.15, 0.2) is 0 Å². The smallest absolute Gasteiger partial charge is 0.302 e. The molecule has 6 heteroatoms. The summed E-state index contributed by atoms with van der Waals surface area (Å²) in [6, 6.07) is -0.124. The monoisotopic (exact) mass is 211 g/mol. The Balaban J connectivity index is 1.96. The molecule has 1 rings (SSSR count). The molecule has 0 bridgehead atoms. The number of amides is 2. The van der Waals surface area contributed by atoms with Crippen LogP contribution in [0.2, 0.25) is 5.82 Å². The van der Waals surface area contributed by atoms with Crippen LogP contribution in [-0.4, -0.2) is 36.5 Å². The lowest BCUT2D eigenvalue weighted by Gasteiger charge is -2.09. The van der Waals surface area contributed by atoms with E-state index in [0.717, 1.165) is 0 Å². The summed E-state index contributed by atoms with van der Waals surface area (Å²) in [5.41, 5.74) is 0. The van der Waals surface area contributed by atoms with Gasteiger partial charge in [0.1, 0.15) is 0 Å². The molecule has 0 aromatic heterocycles. The van der Waals surface area contributed by atoms with Crippen LogP contribution in [0.15, 0.2) is 0 Å². The molecule has 3 radical (unpaired) electrons. The second-order valence-electron chi connectivity index (χ2n) is 3.39. The summed E-state index contributed by atoms with van der Waals surface area (Å²) in [4.78, 5) is 11.2. The maximum atomic E-state index is 11.2. The van der Waals surface area contributed by atoms with Gasteiger partial charge < -0.3 is 15.0 Å². The number of urea groups is 1. The first kappa shape index (κ1) is 11.6. The van der Waals surface area contributed by atoms with Gasteiger partial charge >= 0.3 is 6.03 Å². The molecule has 0 aromatic rings. The fourth-order valence-corrected chi connectivity index (χ4v) is 1.93. The Morgan fingerprint density at radius 2 is 2.29 bits per heavy atom. The summed E-state index contributed by atoms with van der Waals surface area (Å²) in [5, 5.41) is 5.47. The quantitative estimate of drug-likeness (QED) is 0.513. The van der Waals surface area contributed by atoms with Crippen molar-refractivity contribution in [1.82, 2.24) is 10.5 Å². The van der Waals surface area contributed by atoms with E-state index < -0.39 is 0 Å². The molecule has 14 heavy (non-hydrogen) atoms. The lowest BCUT2D eigenvalue weighted by Crippen LogP contribution is -2.40. The molecule has 77 valence electrons. The zero-order chi connectivity index (χ0) is 10.2. The fraction of sp³-hybridized carbons (Fsp3) is 0.875. The molecule has 4 nitrogen and oxygen atoms in total. The molecule has 0 aliphatic heterocycles. The molecule has 0 atom stereocenters. The first-order valence-corrected chi connectivity index (χ1v) is 6.08. The van der Waals surface area contributed by atoms with Crippen molar-refractivity contribution < 1.29 is 9.22 Å². The Hall–Kier alpha value is -0.488. The Bertz CT molecular complexity index is 177. The van der Waals surface area contributed by atoms with Crippen LogP contribution in [0.25, 0.3) is 0 Å². The zero-order valence-corrected chi connectivity index (χ0v) is 9.51. The number of hydrogen-bond acceptors (Lipinski definition) is 2. The average Bonchev–Trinajstić information content (AvgIpc) is 2.68. The van der Waals surface area contributed by atoms with Crippen LogP contribution in [0, 0.1) is 0 Å². The minimum Gasteiger partial charge on any atom is -0.419 e. The van der Waals surface area contributed by atoms with Crippen molar-refractivity contribution in [2.45, 2.75) is 31.5 Å². The average molecular weight is 211 g/mol. The standard InChI is InChI=1S/C8H16BN2O2Si/c1-13-14-6-10-8(12)11-9-7-4-2-3-5-7/h7H,2-6H2,1H3,(H2,10,11,12). The van der Waals surface area contributed by atoms with Crippen LogP contribution in [0.3, 0.4) is 0 Å². The number of nitrogens with one attached hydrogen (secondary N) is 2. The van der Waals surface area contributed by atoms with Crippen molar-refractivity contribution in [3.8, 4) is 0 Å². The van der Waals surface area contributed by atoms with Crippen LogP contribution in [-0.2, 0) is 4.43 Å². The molecule has 1 aliphatic rings. The Morgan fingerprint density at radius 1 is 1.57 bits per heavy atom. The maximum Gasteiger partial charge on any atom is 0.302 e. The minimum atomic E-state index is -0.124. The molecule has 1 saturated carbocycles. The second kappa shape index (κ2) is 6.89. The SMILES string of the molecule is CO[Si]CNC(=O)N[B]C1CCCC1. The third kappa shape index (κ3) is 4.67. The van der Waals surface area contributed by atoms with Crippen molar-refractivity contribution in [3.05, 3.63) is 0 Å². The van der Waals surface area contributed by atoms with Crippen LogP contribution >= 0.6 is 0 Å². The van der Waals surface area contributed by atoms with Gasteiger partial charge in [-0.05, 0) is 5.82 Å². The highest BCUT2D eigenvalue weighted by atomic mass is 28.2. The van der Waals surface area contributed by atoms with E-state index in [0.29, 0.717) is 21.7 Å². The van der Waals surface area contributed by atoms with Gasteiger partial charge in [0, 0.05) is 13.3 Å². The predicted molar refractivity (Wildman–Crippen MR) is 57.3 cm³/mol. The van der Waals surface area contributed by atoms with Gasteiger partial charge in [-0.25, -0.2) is 0 Å². The van der Waals surface area contributed by atoms with Gasteiger partial charge in [-0.1, -0.05) is 25.7 Å². The lowest BCUT2D eigenvalue weighted by atomic mass is 9.74. The van der Waals surface area contributed by atoms with Crippen LogP contribution in [0.4, 0.5) is 4.79 Å². The van der Waals surface area contributed by atoms with E-state index in [-0.39, 0.29) is 6.03 Å². The maximum absolute atomic E-state index is 11.2. The minimum absolute atomic E-state index is 0.124. The van der Waals surface area contributed by atoms with Crippen molar-refractivity contribution in [1.29, 1.82) is 0 Å². The van der Waals surface area contributed by atoms with Crippen molar-refractivity contribution in [3.63, 3.8) is 0 Å². The molecule has 0 spiro atoms. The number of carbonyl (C=O) groups is 1. The lowest BCUT2D eigenvalue weighted by molar-refractivity contribution is 0.246. The van der Waals surface area contributed by atoms with E-state index in [1.54, 1.807) is 7.11 Å². The van der Waals surface area contributed by atoms with Gasteiger partial charge in [-0.3, -0.25) is 4.79 Å². The highest BCUT2D eigenvalue weighted by molar-refractivity contribution is 6.39. The van der Waals surface area contributed by atoms with Gasteiger partial charge in [0.2, 0.25) is 0 Å². The Labute approximate surface area is 88.4 Å². The summed E-state index contributed by atoms with van der Waals surface area (Å²) in [6.45, 7) is 0. The number of hydrogen-bond donors (Lipinski definition) is 2. The number of rotatable bonds is 5. The van der Waals surface area contributed by atoms with E-state index >= 15 is 0 Å². The summed E-state index contributed by atoms with van der Waals surface area (Å²) in [6.07, 6.45) is 5.58. The number of carbonyl (C=O) groups excluding carboxylic acids is 1. The third-order valence-electron chi connectivity index (χ3n) is 2.32. The molecule has 2 N–H and O–H groups in total. The first-order chi connectivity index (χ1) is 6.83. The summed E-state index contributed by atoms with van der Waals surface area (Å²) < 4.78 is 4.85. The summed E-state index contributed by atoms with van der Waals surface area (Å²) in [7, 11) is 3.88. The molecular formula is C8H16BN2O2Si. The van der Waals surface area contributed by atoms with E-state index in [4.69, 9.17) is 4.43 Å². The van der Waals surface area contributed by atoms with Crippen molar-refractivity contribution >= 4 is 23.2 Å². The Morgan fingerprint density at radius 3 is 2.93 bits per heavy atom. The molecule has 1 fully saturated rings. The van der Waals surface area contributed by atoms with Crippen LogP contribution in [0.1, 0.15) is 25.7 Å². The molecule has 0 unspecified atom stereocenters. The largest absolute Gasteiger partial charge is 0.419 e. The van der Waals surface area contributed by atoms with Crippen LogP contribution in [0.5, 0.6) is 0 Å². The van der Waals surface area contributed by atoms with Crippen molar-refractivity contribution in [2.75, 3.05) is 13.3 Å². The molecule has 2 amide bonds. The molecule has 0 heterocycles. The highest BCUT2D eigenvalue weighted by Crippen LogP contribution is 2.28. The highest BCUT2D eigenvalue weighted by Gasteiger charge is 2.17. The van der Waals surface area contributed by atoms with Crippen molar-refractivity contribution in [2.24, 2.45) is 0 Å².